The molecule has 1 atom stereocenters. The molecule has 0 aliphatic carbocycles. The number of nitrogens with one attached hydrogen (secondary N) is 1. The number of hydrogen-bond acceptors (Lipinski definition) is 5. The predicted molar refractivity (Wildman–Crippen MR) is 74.2 cm³/mol. The molecule has 1 aliphatic rings. The summed E-state index contributed by atoms with van der Waals surface area (Å²) < 4.78 is 5.33. The zero-order chi connectivity index (χ0) is 13.7. The average Bonchev–Trinajstić information content (AvgIpc) is 2.41. The van der Waals surface area contributed by atoms with E-state index < -0.39 is 0 Å². The zero-order valence-electron chi connectivity index (χ0n) is 11.7. The number of pyridine rings is 1. The van der Waals surface area contributed by atoms with Gasteiger partial charge in [0, 0.05) is 37.9 Å². The van der Waals surface area contributed by atoms with E-state index in [1.807, 2.05) is 13.0 Å². The lowest BCUT2D eigenvalue weighted by molar-refractivity contribution is 0.0343. The molecular formula is C14H23N3O2. The van der Waals surface area contributed by atoms with Crippen LogP contribution in [0.25, 0.3) is 0 Å². The minimum absolute atomic E-state index is 0.261. The Hall–Kier alpha value is -1.17. The number of hydrogen-bond donors (Lipinski definition) is 2. The number of morpholine rings is 1. The second kappa shape index (κ2) is 6.84. The third kappa shape index (κ3) is 4.45. The van der Waals surface area contributed by atoms with Crippen molar-refractivity contribution < 1.29 is 9.84 Å². The van der Waals surface area contributed by atoms with Crippen LogP contribution in [0.2, 0.25) is 0 Å². The highest BCUT2D eigenvalue weighted by atomic mass is 16.5. The molecule has 1 aromatic heterocycles. The van der Waals surface area contributed by atoms with Gasteiger partial charge in [-0.3, -0.25) is 9.88 Å². The van der Waals surface area contributed by atoms with Crippen LogP contribution in [0.15, 0.2) is 12.1 Å². The molecule has 0 aromatic carbocycles. The van der Waals surface area contributed by atoms with E-state index in [1.165, 1.54) is 0 Å². The van der Waals surface area contributed by atoms with Gasteiger partial charge in [0.05, 0.1) is 18.9 Å². The lowest BCUT2D eigenvalue weighted by atomic mass is 10.2. The lowest BCUT2D eigenvalue weighted by Crippen LogP contribution is -2.44. The Kier molecular flexibility index (Phi) is 5.13. The van der Waals surface area contributed by atoms with E-state index in [1.54, 1.807) is 6.07 Å². The number of aromatic nitrogens is 1. The maximum absolute atomic E-state index is 9.74. The third-order valence-electron chi connectivity index (χ3n) is 3.34. The minimum Gasteiger partial charge on any atom is -0.506 e. The first-order chi connectivity index (χ1) is 9.15. The quantitative estimate of drug-likeness (QED) is 0.828. The smallest absolute Gasteiger partial charge is 0.138 e. The molecule has 2 N–H and O–H groups in total. The highest BCUT2D eigenvalue weighted by Crippen LogP contribution is 2.14. The van der Waals surface area contributed by atoms with Crippen molar-refractivity contribution in [1.82, 2.24) is 15.2 Å². The topological polar surface area (TPSA) is 57.6 Å². The van der Waals surface area contributed by atoms with Gasteiger partial charge in [0.15, 0.2) is 0 Å². The van der Waals surface area contributed by atoms with Crippen molar-refractivity contribution in [2.24, 2.45) is 0 Å². The maximum atomic E-state index is 9.74. The fourth-order valence-electron chi connectivity index (χ4n) is 2.24. The van der Waals surface area contributed by atoms with Gasteiger partial charge in [0.2, 0.25) is 0 Å². The molecule has 1 aliphatic heterocycles. The standard InChI is InChI=1S/C14H23N3O2/c1-11-3-4-14(18)13(16-11)9-15-12(2)10-17-5-7-19-8-6-17/h3-4,12,15,18H,5-10H2,1-2H3/t12-/m1/s1. The summed E-state index contributed by atoms with van der Waals surface area (Å²) in [5, 5.41) is 13.1. The van der Waals surface area contributed by atoms with Gasteiger partial charge in [-0.2, -0.15) is 0 Å². The Morgan fingerprint density at radius 2 is 2.16 bits per heavy atom. The van der Waals surface area contributed by atoms with E-state index in [0.29, 0.717) is 18.3 Å². The van der Waals surface area contributed by atoms with Gasteiger partial charge in [-0.25, -0.2) is 0 Å². The summed E-state index contributed by atoms with van der Waals surface area (Å²) in [7, 11) is 0. The molecule has 2 heterocycles. The monoisotopic (exact) mass is 265 g/mol. The summed E-state index contributed by atoms with van der Waals surface area (Å²) in [6.07, 6.45) is 0. The first-order valence-electron chi connectivity index (χ1n) is 6.84. The maximum Gasteiger partial charge on any atom is 0.138 e. The van der Waals surface area contributed by atoms with Gasteiger partial charge < -0.3 is 15.2 Å². The number of aromatic hydroxyl groups is 1. The molecule has 0 radical (unpaired) electrons. The lowest BCUT2D eigenvalue weighted by Gasteiger charge is -2.29. The molecule has 1 saturated heterocycles. The fourth-order valence-corrected chi connectivity index (χ4v) is 2.24. The summed E-state index contributed by atoms with van der Waals surface area (Å²) >= 11 is 0. The molecule has 0 unspecified atom stereocenters. The fraction of sp³-hybridized carbons (Fsp3) is 0.643. The number of rotatable bonds is 5. The van der Waals surface area contributed by atoms with E-state index in [2.05, 4.69) is 22.1 Å². The van der Waals surface area contributed by atoms with E-state index in [-0.39, 0.29) is 5.75 Å². The summed E-state index contributed by atoms with van der Waals surface area (Å²) in [6.45, 7) is 9.33. The van der Waals surface area contributed by atoms with Crippen LogP contribution in [0, 0.1) is 6.92 Å². The van der Waals surface area contributed by atoms with Crippen LogP contribution < -0.4 is 5.32 Å². The van der Waals surface area contributed by atoms with Crippen LogP contribution in [-0.4, -0.2) is 53.9 Å². The minimum atomic E-state index is 0.261. The van der Waals surface area contributed by atoms with Crippen LogP contribution in [0.3, 0.4) is 0 Å². The van der Waals surface area contributed by atoms with E-state index >= 15 is 0 Å². The second-order valence-corrected chi connectivity index (χ2v) is 5.11. The molecule has 1 aromatic rings. The van der Waals surface area contributed by atoms with Gasteiger partial charge in [0.1, 0.15) is 5.75 Å². The number of nitrogens with zero attached hydrogens (tertiary/aromatic N) is 2. The molecule has 1 fully saturated rings. The summed E-state index contributed by atoms with van der Waals surface area (Å²) in [5.41, 5.74) is 1.64. The second-order valence-electron chi connectivity index (χ2n) is 5.11. The number of ether oxygens (including phenoxy) is 1. The van der Waals surface area contributed by atoms with Crippen molar-refractivity contribution in [3.63, 3.8) is 0 Å². The normalized spacial score (nSPS) is 18.4. The Morgan fingerprint density at radius 1 is 1.42 bits per heavy atom. The van der Waals surface area contributed by atoms with Gasteiger partial charge in [-0.1, -0.05) is 0 Å². The molecule has 19 heavy (non-hydrogen) atoms. The largest absolute Gasteiger partial charge is 0.506 e. The molecular weight excluding hydrogens is 242 g/mol. The SMILES string of the molecule is Cc1ccc(O)c(CN[C@H](C)CN2CCOCC2)n1. The van der Waals surface area contributed by atoms with Crippen LogP contribution in [0.5, 0.6) is 5.75 Å². The van der Waals surface area contributed by atoms with Gasteiger partial charge in [-0.05, 0) is 26.0 Å². The first-order valence-corrected chi connectivity index (χ1v) is 6.84. The van der Waals surface area contributed by atoms with Crippen LogP contribution >= 0.6 is 0 Å². The Morgan fingerprint density at radius 3 is 2.89 bits per heavy atom. The van der Waals surface area contributed by atoms with Crippen LogP contribution in [0.1, 0.15) is 18.3 Å². The van der Waals surface area contributed by atoms with E-state index in [9.17, 15) is 5.11 Å². The Labute approximate surface area is 114 Å². The first kappa shape index (κ1) is 14.2. The molecule has 106 valence electrons. The summed E-state index contributed by atoms with van der Waals surface area (Å²) in [5.74, 6) is 0.261. The van der Waals surface area contributed by atoms with Gasteiger partial charge in [-0.15, -0.1) is 0 Å². The Bertz CT molecular complexity index is 406. The van der Waals surface area contributed by atoms with Crippen LogP contribution in [-0.2, 0) is 11.3 Å². The van der Waals surface area contributed by atoms with Crippen LogP contribution in [0.4, 0.5) is 0 Å². The van der Waals surface area contributed by atoms with Crippen molar-refractivity contribution in [2.75, 3.05) is 32.8 Å². The summed E-state index contributed by atoms with van der Waals surface area (Å²) in [4.78, 5) is 6.74. The molecule has 2 rings (SSSR count). The molecule has 5 nitrogen and oxygen atoms in total. The highest BCUT2D eigenvalue weighted by molar-refractivity contribution is 5.27. The van der Waals surface area contributed by atoms with E-state index in [0.717, 1.165) is 38.5 Å². The van der Waals surface area contributed by atoms with Crippen molar-refractivity contribution in [2.45, 2.75) is 26.4 Å². The molecule has 0 spiro atoms. The van der Waals surface area contributed by atoms with Gasteiger partial charge in [0.25, 0.3) is 0 Å². The Balaban J connectivity index is 1.79. The molecule has 0 bridgehead atoms. The number of aryl methyl sites for hydroxylation is 1. The van der Waals surface area contributed by atoms with E-state index in [4.69, 9.17) is 4.74 Å². The van der Waals surface area contributed by atoms with Crippen molar-refractivity contribution in [3.8, 4) is 5.75 Å². The van der Waals surface area contributed by atoms with Crippen molar-refractivity contribution >= 4 is 0 Å². The highest BCUT2D eigenvalue weighted by Gasteiger charge is 2.14. The third-order valence-corrected chi connectivity index (χ3v) is 3.34. The zero-order valence-corrected chi connectivity index (χ0v) is 11.7. The average molecular weight is 265 g/mol. The molecule has 0 saturated carbocycles. The van der Waals surface area contributed by atoms with Crippen molar-refractivity contribution in [3.05, 3.63) is 23.5 Å². The molecule has 5 heteroatoms. The van der Waals surface area contributed by atoms with Crippen molar-refractivity contribution in [1.29, 1.82) is 0 Å². The summed E-state index contributed by atoms with van der Waals surface area (Å²) in [6, 6.07) is 3.88. The van der Waals surface area contributed by atoms with Gasteiger partial charge >= 0.3 is 0 Å². The molecule has 0 amide bonds. The predicted octanol–water partition coefficient (Wildman–Crippen LogP) is 0.906.